The third-order valence-electron chi connectivity index (χ3n) is 2.79. The molecule has 0 aliphatic rings. The van der Waals surface area contributed by atoms with E-state index in [1.165, 1.54) is 0 Å². The van der Waals surface area contributed by atoms with Crippen LogP contribution >= 0.6 is 0 Å². The number of Topliss-reactive ketones (excluding diaryl/α,β-unsaturated/α-hetero) is 1. The molecule has 1 aromatic heterocycles. The van der Waals surface area contributed by atoms with Crippen molar-refractivity contribution in [3.8, 4) is 17.1 Å². The van der Waals surface area contributed by atoms with Crippen molar-refractivity contribution in [3.63, 3.8) is 0 Å². The summed E-state index contributed by atoms with van der Waals surface area (Å²) in [6, 6.07) is 7.35. The van der Waals surface area contributed by atoms with Crippen LogP contribution in [0.1, 0.15) is 19.2 Å². The highest BCUT2D eigenvalue weighted by molar-refractivity contribution is 5.75. The minimum atomic E-state index is 0.124. The average molecular weight is 302 g/mol. The molecule has 0 bridgehead atoms. The fourth-order valence-corrected chi connectivity index (χ4v) is 1.63. The molecule has 0 saturated heterocycles. The van der Waals surface area contributed by atoms with Crippen LogP contribution in [0.5, 0.6) is 5.75 Å². The molecule has 0 spiro atoms. The van der Waals surface area contributed by atoms with E-state index >= 15 is 0 Å². The zero-order chi connectivity index (χ0) is 15.8. The van der Waals surface area contributed by atoms with Gasteiger partial charge in [0.15, 0.2) is 5.82 Å². The number of hydrogen-bond donors (Lipinski definition) is 0. The van der Waals surface area contributed by atoms with Gasteiger partial charge in [-0.3, -0.25) is 4.79 Å². The second kappa shape index (κ2) is 8.14. The van der Waals surface area contributed by atoms with Gasteiger partial charge in [0.2, 0.25) is 5.82 Å². The Kier molecular flexibility index (Phi) is 5.91. The number of ketones is 1. The first-order valence-corrected chi connectivity index (χ1v) is 6.99. The number of nitrogens with zero attached hydrogens (tertiary/aromatic N) is 4. The minimum absolute atomic E-state index is 0.124. The minimum Gasteiger partial charge on any atom is -0.491 e. The summed E-state index contributed by atoms with van der Waals surface area (Å²) in [6.45, 7) is 4.59. The lowest BCUT2D eigenvalue weighted by Gasteiger charge is -2.07. The monoisotopic (exact) mass is 302 g/mol. The van der Waals surface area contributed by atoms with Gasteiger partial charge in [0.1, 0.15) is 18.1 Å². The number of ether oxygens (including phenoxy) is 2. The van der Waals surface area contributed by atoms with Crippen molar-refractivity contribution in [1.82, 2.24) is 20.4 Å². The maximum Gasteiger partial charge on any atom is 0.203 e. The number of benzene rings is 1. The van der Waals surface area contributed by atoms with Gasteiger partial charge in [-0.25, -0.2) is 0 Å². The first-order valence-electron chi connectivity index (χ1n) is 6.99. The van der Waals surface area contributed by atoms with Gasteiger partial charge >= 0.3 is 0 Å². The molecule has 0 unspecified atom stereocenters. The summed E-state index contributed by atoms with van der Waals surface area (Å²) in [5.41, 5.74) is 0.824. The van der Waals surface area contributed by atoms with Crippen molar-refractivity contribution in [2.75, 3.05) is 19.8 Å². The molecule has 0 saturated carbocycles. The van der Waals surface area contributed by atoms with Crippen LogP contribution in [0.15, 0.2) is 24.3 Å². The summed E-state index contributed by atoms with van der Waals surface area (Å²) in [5, 5.41) is 15.7. The van der Waals surface area contributed by atoms with Crippen LogP contribution in [0, 0.1) is 6.92 Å². The lowest BCUT2D eigenvalue weighted by Crippen LogP contribution is -2.09. The second-order valence-corrected chi connectivity index (χ2v) is 4.71. The van der Waals surface area contributed by atoms with Crippen LogP contribution in [0.4, 0.5) is 0 Å². The highest BCUT2D eigenvalue weighted by atomic mass is 16.5. The molecule has 7 heteroatoms. The molecule has 0 N–H and O–H groups in total. The Balaban J connectivity index is 1.77. The van der Waals surface area contributed by atoms with E-state index < -0.39 is 0 Å². The van der Waals surface area contributed by atoms with E-state index in [-0.39, 0.29) is 5.78 Å². The van der Waals surface area contributed by atoms with Crippen LogP contribution in [-0.2, 0) is 9.53 Å². The fraction of sp³-hybridized carbons (Fsp3) is 0.400. The van der Waals surface area contributed by atoms with Crippen molar-refractivity contribution in [1.29, 1.82) is 0 Å². The Morgan fingerprint density at radius 2 is 1.68 bits per heavy atom. The Bertz CT molecular complexity index is 599. The van der Waals surface area contributed by atoms with Crippen LogP contribution < -0.4 is 4.74 Å². The van der Waals surface area contributed by atoms with E-state index in [0.29, 0.717) is 37.9 Å². The lowest BCUT2D eigenvalue weighted by molar-refractivity contribution is -0.118. The molecule has 2 aromatic rings. The normalized spacial score (nSPS) is 10.5. The van der Waals surface area contributed by atoms with Crippen LogP contribution in [-0.4, -0.2) is 46.0 Å². The molecular formula is C15H18N4O3. The first-order chi connectivity index (χ1) is 10.6. The summed E-state index contributed by atoms with van der Waals surface area (Å²) in [6.07, 6.45) is 0.438. The molecule has 116 valence electrons. The number of hydrogen-bond acceptors (Lipinski definition) is 7. The molecule has 2 rings (SSSR count). The van der Waals surface area contributed by atoms with Crippen molar-refractivity contribution in [2.24, 2.45) is 0 Å². The molecule has 22 heavy (non-hydrogen) atoms. The van der Waals surface area contributed by atoms with Crippen molar-refractivity contribution in [3.05, 3.63) is 30.1 Å². The summed E-state index contributed by atoms with van der Waals surface area (Å²) in [7, 11) is 0. The number of rotatable bonds is 8. The smallest absolute Gasteiger partial charge is 0.203 e. The van der Waals surface area contributed by atoms with Gasteiger partial charge in [-0.2, -0.15) is 0 Å². The SMILES string of the molecule is CC(=O)CCOCCOc1ccc(-c2nnc(C)nn2)cc1. The quantitative estimate of drug-likeness (QED) is 0.685. The van der Waals surface area contributed by atoms with E-state index in [1.54, 1.807) is 13.8 Å². The Morgan fingerprint density at radius 3 is 2.32 bits per heavy atom. The maximum atomic E-state index is 10.7. The van der Waals surface area contributed by atoms with Gasteiger partial charge in [0.25, 0.3) is 0 Å². The standard InChI is InChI=1S/C15H18N4O3/c1-11(20)7-8-21-9-10-22-14-5-3-13(4-6-14)15-18-16-12(2)17-19-15/h3-6H,7-10H2,1-2H3. The summed E-state index contributed by atoms with van der Waals surface area (Å²) in [5.74, 6) is 1.86. The van der Waals surface area contributed by atoms with Crippen LogP contribution in [0.25, 0.3) is 11.4 Å². The molecule has 0 aliphatic carbocycles. The van der Waals surface area contributed by atoms with Gasteiger partial charge in [-0.1, -0.05) is 0 Å². The summed E-state index contributed by atoms with van der Waals surface area (Å²) < 4.78 is 10.8. The largest absolute Gasteiger partial charge is 0.491 e. The highest BCUT2D eigenvalue weighted by Crippen LogP contribution is 2.18. The van der Waals surface area contributed by atoms with E-state index in [9.17, 15) is 4.79 Å². The van der Waals surface area contributed by atoms with Gasteiger partial charge in [0.05, 0.1) is 13.2 Å². The molecular weight excluding hydrogens is 284 g/mol. The molecule has 1 aromatic carbocycles. The number of carbonyl (C=O) groups excluding carboxylic acids is 1. The van der Waals surface area contributed by atoms with Gasteiger partial charge in [0, 0.05) is 12.0 Å². The maximum absolute atomic E-state index is 10.7. The molecule has 1 heterocycles. The predicted molar refractivity (Wildman–Crippen MR) is 79.4 cm³/mol. The zero-order valence-electron chi connectivity index (χ0n) is 12.7. The number of aromatic nitrogens is 4. The second-order valence-electron chi connectivity index (χ2n) is 4.71. The topological polar surface area (TPSA) is 87.1 Å². The molecule has 0 amide bonds. The number of carbonyl (C=O) groups is 1. The van der Waals surface area contributed by atoms with E-state index in [2.05, 4.69) is 20.4 Å². The van der Waals surface area contributed by atoms with Gasteiger partial charge < -0.3 is 9.47 Å². The van der Waals surface area contributed by atoms with E-state index in [1.807, 2.05) is 24.3 Å². The van der Waals surface area contributed by atoms with E-state index in [4.69, 9.17) is 9.47 Å². The highest BCUT2D eigenvalue weighted by Gasteiger charge is 2.03. The summed E-state index contributed by atoms with van der Waals surface area (Å²) >= 11 is 0. The number of aryl methyl sites for hydroxylation is 1. The van der Waals surface area contributed by atoms with Crippen LogP contribution in [0.3, 0.4) is 0 Å². The summed E-state index contributed by atoms with van der Waals surface area (Å²) in [4.78, 5) is 10.7. The van der Waals surface area contributed by atoms with Gasteiger partial charge in [-0.05, 0) is 38.1 Å². The van der Waals surface area contributed by atoms with Crippen LogP contribution in [0.2, 0.25) is 0 Å². The molecule has 0 fully saturated rings. The average Bonchev–Trinajstić information content (AvgIpc) is 2.52. The lowest BCUT2D eigenvalue weighted by atomic mass is 10.2. The predicted octanol–water partition coefficient (Wildman–Crippen LogP) is 1.62. The third kappa shape index (κ3) is 5.17. The molecule has 0 atom stereocenters. The van der Waals surface area contributed by atoms with Gasteiger partial charge in [-0.15, -0.1) is 20.4 Å². The Labute approximate surface area is 128 Å². The molecule has 0 radical (unpaired) electrons. The van der Waals surface area contributed by atoms with E-state index in [0.717, 1.165) is 11.3 Å². The molecule has 7 nitrogen and oxygen atoms in total. The zero-order valence-corrected chi connectivity index (χ0v) is 12.7. The van der Waals surface area contributed by atoms with Crippen molar-refractivity contribution >= 4 is 5.78 Å². The Hall–Kier alpha value is -2.41. The fourth-order valence-electron chi connectivity index (χ4n) is 1.63. The first kappa shape index (κ1) is 16.0. The van der Waals surface area contributed by atoms with Crippen molar-refractivity contribution < 1.29 is 14.3 Å². The Morgan fingerprint density at radius 1 is 1.00 bits per heavy atom. The van der Waals surface area contributed by atoms with Crippen molar-refractivity contribution in [2.45, 2.75) is 20.3 Å². The third-order valence-corrected chi connectivity index (χ3v) is 2.79. The molecule has 0 aliphatic heterocycles.